The fraction of sp³-hybridized carbons (Fsp3) is 1.00. The summed E-state index contributed by atoms with van der Waals surface area (Å²) >= 11 is 1.99. The quantitative estimate of drug-likeness (QED) is 0.464. The summed E-state index contributed by atoms with van der Waals surface area (Å²) in [6.07, 6.45) is -2.28. The minimum absolute atomic E-state index is 0.277. The van der Waals surface area contributed by atoms with E-state index in [1.165, 1.54) is 0 Å². The zero-order valence-corrected chi connectivity index (χ0v) is 5.73. The van der Waals surface area contributed by atoms with E-state index in [9.17, 15) is 8.78 Å². The first-order chi connectivity index (χ1) is 3.27. The van der Waals surface area contributed by atoms with Crippen LogP contribution in [0.3, 0.4) is 0 Å². The first-order valence-electron chi connectivity index (χ1n) is 2.11. The summed E-state index contributed by atoms with van der Waals surface area (Å²) in [7, 11) is 0. The topological polar surface area (TPSA) is 0 Å². The van der Waals surface area contributed by atoms with Gasteiger partial charge in [-0.3, -0.25) is 0 Å². The average Bonchev–Trinajstić information content (AvgIpc) is 2.17. The van der Waals surface area contributed by atoms with Crippen molar-refractivity contribution in [2.45, 2.75) is 12.3 Å². The maximum atomic E-state index is 11.8. The fourth-order valence-corrected chi connectivity index (χ4v) is 1.43. The normalized spacial score (nSPS) is 49.3. The highest BCUT2D eigenvalue weighted by atomic mass is 127. The van der Waals surface area contributed by atoms with Crippen LogP contribution in [0.25, 0.3) is 0 Å². The van der Waals surface area contributed by atoms with E-state index < -0.39 is 12.3 Å². The van der Waals surface area contributed by atoms with Gasteiger partial charge in [-0.1, -0.05) is 22.6 Å². The molecule has 1 aliphatic rings. The van der Waals surface area contributed by atoms with Crippen molar-refractivity contribution in [1.82, 2.24) is 0 Å². The van der Waals surface area contributed by atoms with Gasteiger partial charge >= 0.3 is 0 Å². The van der Waals surface area contributed by atoms with Crippen LogP contribution >= 0.6 is 22.6 Å². The van der Waals surface area contributed by atoms with Crippen LogP contribution < -0.4 is 0 Å². The molecule has 2 unspecified atom stereocenters. The third kappa shape index (κ3) is 0.876. The third-order valence-electron chi connectivity index (χ3n) is 1.16. The zero-order chi connectivity index (χ0) is 5.44. The van der Waals surface area contributed by atoms with E-state index in [4.69, 9.17) is 0 Å². The molecule has 0 aromatic carbocycles. The molecule has 0 nitrogen and oxygen atoms in total. The Morgan fingerprint density at radius 3 is 1.71 bits per heavy atom. The molecule has 1 aliphatic carbocycles. The Bertz CT molecular complexity index is 68.1. The molecule has 0 spiro atoms. The molecular weight excluding hydrogens is 213 g/mol. The Morgan fingerprint density at radius 1 is 1.29 bits per heavy atom. The number of hydrogen-bond acceptors (Lipinski definition) is 0. The van der Waals surface area contributed by atoms with Crippen molar-refractivity contribution >= 4 is 22.6 Å². The van der Waals surface area contributed by atoms with E-state index in [1.807, 2.05) is 22.6 Å². The van der Waals surface area contributed by atoms with Crippen LogP contribution in [0.4, 0.5) is 8.78 Å². The second-order valence-electron chi connectivity index (χ2n) is 1.71. The molecule has 0 radical (unpaired) electrons. The molecule has 0 amide bonds. The SMILES string of the molecule is FC1C(F)C1CI. The number of rotatable bonds is 1. The van der Waals surface area contributed by atoms with Crippen molar-refractivity contribution in [2.75, 3.05) is 4.43 Å². The van der Waals surface area contributed by atoms with E-state index in [1.54, 1.807) is 0 Å². The van der Waals surface area contributed by atoms with Crippen LogP contribution in [0.15, 0.2) is 0 Å². The molecule has 1 fully saturated rings. The largest absolute Gasteiger partial charge is 0.244 e. The lowest BCUT2D eigenvalue weighted by molar-refractivity contribution is 0.372. The lowest BCUT2D eigenvalue weighted by atomic mass is 10.5. The Kier molecular flexibility index (Phi) is 1.50. The lowest BCUT2D eigenvalue weighted by Gasteiger charge is -1.74. The van der Waals surface area contributed by atoms with E-state index in [0.717, 1.165) is 0 Å². The van der Waals surface area contributed by atoms with Crippen LogP contribution in [0.5, 0.6) is 0 Å². The van der Waals surface area contributed by atoms with Gasteiger partial charge in [0.25, 0.3) is 0 Å². The molecule has 0 heterocycles. The fourth-order valence-electron chi connectivity index (χ4n) is 0.463. The van der Waals surface area contributed by atoms with Crippen molar-refractivity contribution in [1.29, 1.82) is 0 Å². The van der Waals surface area contributed by atoms with Crippen LogP contribution in [-0.4, -0.2) is 16.8 Å². The van der Waals surface area contributed by atoms with Gasteiger partial charge in [-0.2, -0.15) is 0 Å². The predicted molar refractivity (Wildman–Crippen MR) is 32.2 cm³/mol. The van der Waals surface area contributed by atoms with Crippen molar-refractivity contribution in [3.63, 3.8) is 0 Å². The standard InChI is InChI=1S/C4H5F2I/c5-3-2(1-7)4(3)6/h2-4H,1H2. The molecule has 0 saturated heterocycles. The van der Waals surface area contributed by atoms with Gasteiger partial charge in [0.2, 0.25) is 0 Å². The van der Waals surface area contributed by atoms with Crippen LogP contribution in [0.2, 0.25) is 0 Å². The first kappa shape index (κ1) is 5.72. The lowest BCUT2D eigenvalue weighted by Crippen LogP contribution is -1.78. The van der Waals surface area contributed by atoms with E-state index in [2.05, 4.69) is 0 Å². The Hall–Kier alpha value is 0.590. The minimum Gasteiger partial charge on any atom is -0.244 e. The monoisotopic (exact) mass is 218 g/mol. The molecule has 2 atom stereocenters. The van der Waals surface area contributed by atoms with Gasteiger partial charge in [-0.25, -0.2) is 8.78 Å². The maximum Gasteiger partial charge on any atom is 0.138 e. The third-order valence-corrected chi connectivity index (χ3v) is 2.18. The molecule has 0 bridgehead atoms. The molecule has 1 saturated carbocycles. The highest BCUT2D eigenvalue weighted by Crippen LogP contribution is 2.38. The predicted octanol–water partition coefficient (Wildman–Crippen LogP) is 1.73. The summed E-state index contributed by atoms with van der Waals surface area (Å²) in [6, 6.07) is 0. The smallest absolute Gasteiger partial charge is 0.138 e. The molecule has 0 N–H and O–H groups in total. The summed E-state index contributed by atoms with van der Waals surface area (Å²) in [5, 5.41) is 0. The van der Waals surface area contributed by atoms with E-state index >= 15 is 0 Å². The minimum atomic E-state index is -1.14. The summed E-state index contributed by atoms with van der Waals surface area (Å²) in [6.45, 7) is 0. The average molecular weight is 218 g/mol. The Balaban J connectivity index is 2.24. The van der Waals surface area contributed by atoms with Gasteiger partial charge in [0.15, 0.2) is 0 Å². The molecule has 0 aromatic heterocycles. The van der Waals surface area contributed by atoms with E-state index in [0.29, 0.717) is 4.43 Å². The summed E-state index contributed by atoms with van der Waals surface area (Å²) < 4.78 is 24.2. The molecule has 7 heavy (non-hydrogen) atoms. The molecule has 0 aromatic rings. The highest BCUT2D eigenvalue weighted by molar-refractivity contribution is 14.1. The highest BCUT2D eigenvalue weighted by Gasteiger charge is 2.51. The van der Waals surface area contributed by atoms with Gasteiger partial charge in [-0.15, -0.1) is 0 Å². The maximum absolute atomic E-state index is 11.8. The molecular formula is C4H5F2I. The number of hydrogen-bond donors (Lipinski definition) is 0. The number of alkyl halides is 3. The van der Waals surface area contributed by atoms with Crippen LogP contribution in [0.1, 0.15) is 0 Å². The van der Waals surface area contributed by atoms with Crippen molar-refractivity contribution in [2.24, 2.45) is 5.92 Å². The van der Waals surface area contributed by atoms with Gasteiger partial charge < -0.3 is 0 Å². The molecule has 0 aliphatic heterocycles. The second kappa shape index (κ2) is 1.84. The molecule has 1 rings (SSSR count). The summed E-state index contributed by atoms with van der Waals surface area (Å²) in [5.41, 5.74) is 0. The molecule has 42 valence electrons. The summed E-state index contributed by atoms with van der Waals surface area (Å²) in [4.78, 5) is 0. The summed E-state index contributed by atoms with van der Waals surface area (Å²) in [5.74, 6) is -0.277. The van der Waals surface area contributed by atoms with Crippen molar-refractivity contribution in [3.05, 3.63) is 0 Å². The van der Waals surface area contributed by atoms with Gasteiger partial charge in [0.1, 0.15) is 12.3 Å². The second-order valence-corrected chi connectivity index (χ2v) is 2.59. The zero-order valence-electron chi connectivity index (χ0n) is 3.57. The van der Waals surface area contributed by atoms with Gasteiger partial charge in [-0.05, 0) is 0 Å². The Labute approximate surface area is 54.4 Å². The van der Waals surface area contributed by atoms with Crippen LogP contribution in [0, 0.1) is 5.92 Å². The number of halogens is 3. The van der Waals surface area contributed by atoms with Crippen LogP contribution in [-0.2, 0) is 0 Å². The van der Waals surface area contributed by atoms with Gasteiger partial charge in [0.05, 0.1) is 0 Å². The first-order valence-corrected chi connectivity index (χ1v) is 3.64. The van der Waals surface area contributed by atoms with Crippen molar-refractivity contribution < 1.29 is 8.78 Å². The van der Waals surface area contributed by atoms with E-state index in [-0.39, 0.29) is 5.92 Å². The molecule has 3 heteroatoms. The Morgan fingerprint density at radius 2 is 1.71 bits per heavy atom. The van der Waals surface area contributed by atoms with Crippen molar-refractivity contribution in [3.8, 4) is 0 Å². The van der Waals surface area contributed by atoms with Gasteiger partial charge in [0, 0.05) is 10.3 Å².